The topological polar surface area (TPSA) is 20.2 Å². The van der Waals surface area contributed by atoms with Gasteiger partial charge in [0.05, 0.1) is 4.88 Å². The molecular formula is C14H11FOS. The van der Waals surface area contributed by atoms with Gasteiger partial charge >= 0.3 is 0 Å². The van der Waals surface area contributed by atoms with Crippen molar-refractivity contribution in [2.24, 2.45) is 0 Å². The summed E-state index contributed by atoms with van der Waals surface area (Å²) in [6.07, 6.45) is 0.783. The summed E-state index contributed by atoms with van der Waals surface area (Å²) in [7, 11) is 0. The van der Waals surface area contributed by atoms with Crippen molar-refractivity contribution in [3.63, 3.8) is 0 Å². The van der Waals surface area contributed by atoms with Gasteiger partial charge in [-0.05, 0) is 29.8 Å². The highest BCUT2D eigenvalue weighted by molar-refractivity contribution is 7.12. The van der Waals surface area contributed by atoms with E-state index in [1.165, 1.54) is 17.0 Å². The van der Waals surface area contributed by atoms with Crippen LogP contribution in [0.15, 0.2) is 36.4 Å². The second-order valence-electron chi connectivity index (χ2n) is 3.53. The zero-order chi connectivity index (χ0) is 12.1. The molecule has 2 aromatic rings. The molecule has 1 heterocycles. The van der Waals surface area contributed by atoms with Crippen molar-refractivity contribution in [2.75, 3.05) is 6.61 Å². The fraction of sp³-hybridized carbons (Fsp3) is 0.143. The highest BCUT2D eigenvalue weighted by atomic mass is 32.1. The highest BCUT2D eigenvalue weighted by Crippen LogP contribution is 2.19. The van der Waals surface area contributed by atoms with Gasteiger partial charge in [0.15, 0.2) is 0 Å². The standard InChI is InChI=1S/C14H11FOS/c15-12-5-3-11(4-6-12)10-14-8-7-13(17-14)2-1-9-16/h3-8,16H,9-10H2. The SMILES string of the molecule is OCC#Cc1ccc(Cc2ccc(F)cc2)s1. The molecule has 3 heteroatoms. The Labute approximate surface area is 104 Å². The fourth-order valence-corrected chi connectivity index (χ4v) is 2.39. The van der Waals surface area contributed by atoms with Gasteiger partial charge in [0.1, 0.15) is 12.4 Å². The lowest BCUT2D eigenvalue weighted by atomic mass is 10.1. The van der Waals surface area contributed by atoms with Crippen LogP contribution in [-0.4, -0.2) is 11.7 Å². The third-order valence-corrected chi connectivity index (χ3v) is 3.24. The van der Waals surface area contributed by atoms with Gasteiger partial charge in [-0.3, -0.25) is 0 Å². The maximum atomic E-state index is 12.7. The molecule has 0 amide bonds. The van der Waals surface area contributed by atoms with E-state index in [-0.39, 0.29) is 12.4 Å². The summed E-state index contributed by atoms with van der Waals surface area (Å²) in [6.45, 7) is -0.120. The number of hydrogen-bond acceptors (Lipinski definition) is 2. The van der Waals surface area contributed by atoms with Gasteiger partial charge in [0.2, 0.25) is 0 Å². The van der Waals surface area contributed by atoms with Crippen molar-refractivity contribution in [3.05, 3.63) is 57.5 Å². The molecule has 0 saturated heterocycles. The van der Waals surface area contributed by atoms with Gasteiger partial charge in [0.25, 0.3) is 0 Å². The molecule has 1 N–H and O–H groups in total. The first-order valence-corrected chi connectivity index (χ1v) is 6.02. The summed E-state index contributed by atoms with van der Waals surface area (Å²) >= 11 is 1.59. The van der Waals surface area contributed by atoms with E-state index in [0.29, 0.717) is 0 Å². The lowest BCUT2D eigenvalue weighted by molar-refractivity contribution is 0.350. The number of hydrogen-bond donors (Lipinski definition) is 1. The molecule has 0 radical (unpaired) electrons. The first-order chi connectivity index (χ1) is 8.28. The highest BCUT2D eigenvalue weighted by Gasteiger charge is 2.00. The molecule has 0 spiro atoms. The molecule has 86 valence electrons. The molecule has 0 bridgehead atoms. The van der Waals surface area contributed by atoms with Crippen LogP contribution in [0, 0.1) is 17.7 Å². The minimum Gasteiger partial charge on any atom is -0.384 e. The second kappa shape index (κ2) is 5.62. The normalized spacial score (nSPS) is 9.76. The lowest BCUT2D eigenvalue weighted by Crippen LogP contribution is -1.84. The Hall–Kier alpha value is -1.63. The van der Waals surface area contributed by atoms with E-state index < -0.39 is 0 Å². The molecule has 0 saturated carbocycles. The van der Waals surface area contributed by atoms with Gasteiger partial charge in [0, 0.05) is 11.3 Å². The summed E-state index contributed by atoms with van der Waals surface area (Å²) in [5.41, 5.74) is 1.08. The summed E-state index contributed by atoms with van der Waals surface area (Å²) in [6, 6.07) is 10.5. The molecule has 0 fully saturated rings. The predicted octanol–water partition coefficient (Wildman–Crippen LogP) is 2.82. The summed E-state index contributed by atoms with van der Waals surface area (Å²) in [5.74, 6) is 5.27. The van der Waals surface area contributed by atoms with Crippen molar-refractivity contribution in [1.29, 1.82) is 0 Å². The van der Waals surface area contributed by atoms with Crippen molar-refractivity contribution >= 4 is 11.3 Å². The van der Waals surface area contributed by atoms with Crippen LogP contribution in [0.4, 0.5) is 4.39 Å². The summed E-state index contributed by atoms with van der Waals surface area (Å²) in [4.78, 5) is 2.12. The van der Waals surface area contributed by atoms with Crippen LogP contribution in [0.2, 0.25) is 0 Å². The predicted molar refractivity (Wildman–Crippen MR) is 67.5 cm³/mol. The molecule has 17 heavy (non-hydrogen) atoms. The second-order valence-corrected chi connectivity index (χ2v) is 4.70. The molecule has 0 aliphatic rings. The van der Waals surface area contributed by atoms with E-state index in [1.54, 1.807) is 23.5 Å². The summed E-state index contributed by atoms with van der Waals surface area (Å²) in [5, 5.41) is 8.59. The molecule has 1 aromatic heterocycles. The van der Waals surface area contributed by atoms with Crippen LogP contribution in [0.1, 0.15) is 15.3 Å². The number of benzene rings is 1. The van der Waals surface area contributed by atoms with E-state index in [1.807, 2.05) is 12.1 Å². The van der Waals surface area contributed by atoms with Gasteiger partial charge in [-0.2, -0.15) is 0 Å². The molecule has 1 aromatic carbocycles. The first kappa shape index (κ1) is 11.8. The Bertz CT molecular complexity index is 546. The zero-order valence-electron chi connectivity index (χ0n) is 9.11. The third-order valence-electron chi connectivity index (χ3n) is 2.24. The summed E-state index contributed by atoms with van der Waals surface area (Å²) < 4.78 is 12.7. The van der Waals surface area contributed by atoms with Crippen LogP contribution in [-0.2, 0) is 6.42 Å². The number of rotatable bonds is 2. The lowest BCUT2D eigenvalue weighted by Gasteiger charge is -1.97. The van der Waals surface area contributed by atoms with Gasteiger partial charge in [-0.15, -0.1) is 11.3 Å². The molecule has 1 nitrogen and oxygen atoms in total. The Morgan fingerprint density at radius 2 is 1.88 bits per heavy atom. The van der Waals surface area contributed by atoms with Gasteiger partial charge in [-0.25, -0.2) is 4.39 Å². The first-order valence-electron chi connectivity index (χ1n) is 5.21. The van der Waals surface area contributed by atoms with Crippen molar-refractivity contribution in [3.8, 4) is 11.8 Å². The van der Waals surface area contributed by atoms with E-state index in [4.69, 9.17) is 5.11 Å². The van der Waals surface area contributed by atoms with Crippen LogP contribution in [0.25, 0.3) is 0 Å². The Kier molecular flexibility index (Phi) is 3.92. The number of thiophene rings is 1. The smallest absolute Gasteiger partial charge is 0.123 e. The van der Waals surface area contributed by atoms with Crippen LogP contribution < -0.4 is 0 Å². The van der Waals surface area contributed by atoms with E-state index in [9.17, 15) is 4.39 Å². The average Bonchev–Trinajstić information content (AvgIpc) is 2.77. The molecular weight excluding hydrogens is 235 g/mol. The monoisotopic (exact) mass is 246 g/mol. The van der Waals surface area contributed by atoms with Crippen LogP contribution in [0.5, 0.6) is 0 Å². The van der Waals surface area contributed by atoms with Crippen LogP contribution in [0.3, 0.4) is 0 Å². The van der Waals surface area contributed by atoms with Gasteiger partial charge < -0.3 is 5.11 Å². The maximum absolute atomic E-state index is 12.7. The quantitative estimate of drug-likeness (QED) is 0.808. The van der Waals surface area contributed by atoms with E-state index in [2.05, 4.69) is 11.8 Å². The molecule has 0 unspecified atom stereocenters. The average molecular weight is 246 g/mol. The van der Waals surface area contributed by atoms with E-state index in [0.717, 1.165) is 16.9 Å². The Morgan fingerprint density at radius 1 is 1.12 bits per heavy atom. The maximum Gasteiger partial charge on any atom is 0.123 e. The van der Waals surface area contributed by atoms with E-state index >= 15 is 0 Å². The molecule has 0 aliphatic heterocycles. The van der Waals surface area contributed by atoms with Crippen molar-refractivity contribution in [2.45, 2.75) is 6.42 Å². The minimum absolute atomic E-state index is 0.120. The van der Waals surface area contributed by atoms with Gasteiger partial charge in [-0.1, -0.05) is 24.0 Å². The third kappa shape index (κ3) is 3.42. The Balaban J connectivity index is 2.08. The fourth-order valence-electron chi connectivity index (χ4n) is 1.47. The Morgan fingerprint density at radius 3 is 2.59 bits per heavy atom. The van der Waals surface area contributed by atoms with Crippen molar-refractivity contribution in [1.82, 2.24) is 0 Å². The number of aliphatic hydroxyl groups excluding tert-OH is 1. The van der Waals surface area contributed by atoms with Crippen LogP contribution >= 0.6 is 11.3 Å². The zero-order valence-corrected chi connectivity index (χ0v) is 9.93. The largest absolute Gasteiger partial charge is 0.384 e. The number of aliphatic hydroxyl groups is 1. The molecule has 2 rings (SSSR count). The minimum atomic E-state index is -0.213. The molecule has 0 atom stereocenters. The van der Waals surface area contributed by atoms with Crippen molar-refractivity contribution < 1.29 is 9.50 Å². The molecule has 0 aliphatic carbocycles. The number of halogens is 1.